The molecule has 0 radical (unpaired) electrons. The molecule has 3 nitrogen and oxygen atoms in total. The lowest BCUT2D eigenvalue weighted by molar-refractivity contribution is 0.507. The van der Waals surface area contributed by atoms with Gasteiger partial charge in [-0.3, -0.25) is 0 Å². The first kappa shape index (κ1) is 31.0. The van der Waals surface area contributed by atoms with Crippen molar-refractivity contribution in [2.75, 3.05) is 0 Å². The van der Waals surface area contributed by atoms with Gasteiger partial charge in [0, 0.05) is 27.6 Å². The topological polar surface area (TPSA) is 38.9 Å². The molecule has 2 aliphatic rings. The molecule has 0 amide bonds. The first-order valence-corrected chi connectivity index (χ1v) is 19.2. The van der Waals surface area contributed by atoms with Crippen LogP contribution in [0.1, 0.15) is 22.5 Å². The monoisotopic (exact) mass is 712 g/mol. The van der Waals surface area contributed by atoms with E-state index in [-0.39, 0.29) is 0 Å². The first-order valence-electron chi connectivity index (χ1n) is 19.2. The summed E-state index contributed by atoms with van der Waals surface area (Å²) in [5.74, 6) is 1.69. The maximum Gasteiger partial charge on any atom is 0.161 e. The number of hydrogen-bond acceptors (Lipinski definition) is 3. The van der Waals surface area contributed by atoms with Gasteiger partial charge in [0.05, 0.1) is 11.4 Å². The van der Waals surface area contributed by atoms with Crippen LogP contribution in [-0.2, 0) is 5.41 Å². The van der Waals surface area contributed by atoms with Crippen LogP contribution in [0.2, 0.25) is 0 Å². The molecular weight excluding hydrogens is 681 g/mol. The van der Waals surface area contributed by atoms with Crippen molar-refractivity contribution in [3.05, 3.63) is 217 Å². The van der Waals surface area contributed by atoms with E-state index in [0.717, 1.165) is 61.3 Å². The zero-order chi connectivity index (χ0) is 36.8. The highest BCUT2D eigenvalue weighted by Crippen LogP contribution is 2.64. The fourth-order valence-corrected chi connectivity index (χ4v) is 9.56. The summed E-state index contributed by atoms with van der Waals surface area (Å²) in [6.45, 7) is 0. The Morgan fingerprint density at radius 3 is 1.77 bits per heavy atom. The molecule has 0 saturated heterocycles. The predicted octanol–water partition coefficient (Wildman–Crippen LogP) is 13.4. The van der Waals surface area contributed by atoms with Crippen molar-refractivity contribution in [3.8, 4) is 67.3 Å². The van der Waals surface area contributed by atoms with Crippen LogP contribution in [0, 0.1) is 0 Å². The van der Waals surface area contributed by atoms with Gasteiger partial charge in [-0.15, -0.1) is 0 Å². The third-order valence-corrected chi connectivity index (χ3v) is 11.9. The molecule has 0 unspecified atom stereocenters. The summed E-state index contributed by atoms with van der Waals surface area (Å²) < 4.78 is 7.00. The van der Waals surface area contributed by atoms with Crippen LogP contribution in [0.3, 0.4) is 0 Å². The second-order valence-electron chi connectivity index (χ2n) is 14.8. The lowest BCUT2D eigenvalue weighted by atomic mass is 9.73. The minimum atomic E-state index is -0.560. The minimum Gasteiger partial charge on any atom is -0.459 e. The molecule has 12 rings (SSSR count). The fourth-order valence-electron chi connectivity index (χ4n) is 9.56. The Balaban J connectivity index is 1.10. The molecule has 260 valence electrons. The molecule has 0 N–H and O–H groups in total. The van der Waals surface area contributed by atoms with Crippen molar-refractivity contribution >= 4 is 21.7 Å². The largest absolute Gasteiger partial charge is 0.459 e. The van der Waals surface area contributed by atoms with E-state index in [1.54, 1.807) is 0 Å². The Morgan fingerprint density at radius 1 is 0.375 bits per heavy atom. The molecule has 0 fully saturated rings. The van der Waals surface area contributed by atoms with Gasteiger partial charge in [-0.25, -0.2) is 9.97 Å². The van der Waals surface area contributed by atoms with Crippen molar-refractivity contribution in [2.45, 2.75) is 5.41 Å². The summed E-state index contributed by atoms with van der Waals surface area (Å²) in [5, 5.41) is 3.48. The Bertz CT molecular complexity index is 3160. The van der Waals surface area contributed by atoms with Crippen molar-refractivity contribution in [3.63, 3.8) is 0 Å². The summed E-state index contributed by atoms with van der Waals surface area (Å²) in [6.07, 6.45) is 0. The van der Waals surface area contributed by atoms with Gasteiger partial charge in [-0.2, -0.15) is 0 Å². The van der Waals surface area contributed by atoms with Crippen LogP contribution in [-0.4, -0.2) is 9.97 Å². The zero-order valence-corrected chi connectivity index (χ0v) is 30.3. The Labute approximate surface area is 324 Å². The van der Waals surface area contributed by atoms with E-state index in [1.807, 2.05) is 6.07 Å². The lowest BCUT2D eigenvalue weighted by Gasteiger charge is -2.28. The van der Waals surface area contributed by atoms with E-state index in [0.29, 0.717) is 5.82 Å². The van der Waals surface area contributed by atoms with E-state index < -0.39 is 5.41 Å². The van der Waals surface area contributed by atoms with Crippen LogP contribution in [0.5, 0.6) is 0 Å². The Kier molecular flexibility index (Phi) is 6.55. The van der Waals surface area contributed by atoms with Gasteiger partial charge in [-0.05, 0) is 73.5 Å². The molecule has 10 aromatic rings. The van der Waals surface area contributed by atoms with Crippen molar-refractivity contribution in [2.24, 2.45) is 0 Å². The molecule has 2 aliphatic carbocycles. The van der Waals surface area contributed by atoms with Crippen molar-refractivity contribution < 1.29 is 4.42 Å². The Morgan fingerprint density at radius 2 is 0.964 bits per heavy atom. The number of furan rings is 1. The highest BCUT2D eigenvalue weighted by Gasteiger charge is 2.55. The highest BCUT2D eigenvalue weighted by atomic mass is 16.3. The van der Waals surface area contributed by atoms with E-state index >= 15 is 0 Å². The molecule has 3 heteroatoms. The normalized spacial score (nSPS) is 13.1. The predicted molar refractivity (Wildman–Crippen MR) is 227 cm³/mol. The van der Waals surface area contributed by atoms with Gasteiger partial charge >= 0.3 is 0 Å². The SMILES string of the molecule is c1ccc(-c2cc(-c3cccc4ccccc34)nc(-c3ccccc3-c3ccc4c(c3)-c3c(oc5ccccc35)C43c4ccccc4-c4ccccc43)n2)cc1. The first-order chi connectivity index (χ1) is 27.8. The number of para-hydroxylation sites is 1. The fraction of sp³-hybridized carbons (Fsp3) is 0.0189. The van der Waals surface area contributed by atoms with Crippen LogP contribution in [0.15, 0.2) is 199 Å². The standard InChI is InChI=1S/C53H32N2O/c1-2-16-34(17-3-1)47-32-48(40-25-14-18-33-15-4-5-19-36(33)40)55-52(54-47)41-23-7-6-20-37(41)35-29-30-46-43(31-35)50-42-24-10-13-28-49(42)56-51(50)53(46)44-26-11-8-21-38(44)39-22-9-12-27-45(39)53/h1-32H. The molecule has 0 saturated carbocycles. The van der Waals surface area contributed by atoms with Gasteiger partial charge in [0.15, 0.2) is 5.82 Å². The second-order valence-corrected chi connectivity index (χ2v) is 14.8. The number of fused-ring (bicyclic) bond motifs is 13. The molecule has 0 bridgehead atoms. The van der Waals surface area contributed by atoms with Gasteiger partial charge in [0.25, 0.3) is 0 Å². The van der Waals surface area contributed by atoms with Crippen LogP contribution >= 0.6 is 0 Å². The number of nitrogens with zero attached hydrogens (tertiary/aromatic N) is 2. The quantitative estimate of drug-likeness (QED) is 0.182. The summed E-state index contributed by atoms with van der Waals surface area (Å²) in [4.78, 5) is 10.6. The van der Waals surface area contributed by atoms with Crippen LogP contribution in [0.4, 0.5) is 0 Å². The zero-order valence-electron chi connectivity index (χ0n) is 30.3. The summed E-state index contributed by atoms with van der Waals surface area (Å²) in [7, 11) is 0. The van der Waals surface area contributed by atoms with Crippen molar-refractivity contribution in [1.82, 2.24) is 9.97 Å². The van der Waals surface area contributed by atoms with E-state index in [9.17, 15) is 0 Å². The third-order valence-electron chi connectivity index (χ3n) is 11.9. The van der Waals surface area contributed by atoms with Crippen LogP contribution in [0.25, 0.3) is 89.0 Å². The third kappa shape index (κ3) is 4.28. The molecule has 56 heavy (non-hydrogen) atoms. The smallest absolute Gasteiger partial charge is 0.161 e. The van der Waals surface area contributed by atoms with E-state index in [2.05, 4.69) is 188 Å². The average Bonchev–Trinajstić information content (AvgIpc) is 3.90. The summed E-state index contributed by atoms with van der Waals surface area (Å²) in [5.41, 5.74) is 16.1. The van der Waals surface area contributed by atoms with E-state index in [4.69, 9.17) is 14.4 Å². The summed E-state index contributed by atoms with van der Waals surface area (Å²) in [6, 6.07) is 69.2. The molecular formula is C53H32N2O. The maximum atomic E-state index is 7.00. The number of benzene rings is 8. The Hall–Kier alpha value is -7.36. The highest BCUT2D eigenvalue weighted by molar-refractivity contribution is 6.05. The molecule has 2 heterocycles. The van der Waals surface area contributed by atoms with Crippen molar-refractivity contribution in [1.29, 1.82) is 0 Å². The van der Waals surface area contributed by atoms with Gasteiger partial charge in [0.2, 0.25) is 0 Å². The lowest BCUT2D eigenvalue weighted by Crippen LogP contribution is -2.25. The molecule has 8 aromatic carbocycles. The number of aromatic nitrogens is 2. The number of rotatable bonds is 4. The van der Waals surface area contributed by atoms with Gasteiger partial charge < -0.3 is 4.42 Å². The molecule has 0 atom stereocenters. The molecule has 1 spiro atoms. The minimum absolute atomic E-state index is 0.560. The van der Waals surface area contributed by atoms with Gasteiger partial charge in [-0.1, -0.05) is 176 Å². The second kappa shape index (κ2) is 11.8. The molecule has 2 aromatic heterocycles. The number of hydrogen-bond donors (Lipinski definition) is 0. The van der Waals surface area contributed by atoms with Crippen LogP contribution < -0.4 is 0 Å². The average molecular weight is 713 g/mol. The summed E-state index contributed by atoms with van der Waals surface area (Å²) >= 11 is 0. The molecule has 0 aliphatic heterocycles. The maximum absolute atomic E-state index is 7.00. The van der Waals surface area contributed by atoms with E-state index in [1.165, 1.54) is 44.3 Å². The van der Waals surface area contributed by atoms with Gasteiger partial charge in [0.1, 0.15) is 16.8 Å².